The van der Waals surface area contributed by atoms with E-state index in [1.54, 1.807) is 0 Å². The molecule has 2 saturated carbocycles. The number of Topliss-reactive ketones (excluding diaryl/α,β-unsaturated/α-hetero) is 1. The maximum absolute atomic E-state index is 12.5. The van der Waals surface area contributed by atoms with Gasteiger partial charge in [-0.15, -0.1) is 0 Å². The minimum absolute atomic E-state index is 0.00720. The molecule has 0 aromatic carbocycles. The predicted molar refractivity (Wildman–Crippen MR) is 89.3 cm³/mol. The largest absolute Gasteiger partial charge is 0.459 e. The topological polar surface area (TPSA) is 52.6 Å². The lowest BCUT2D eigenvalue weighted by Crippen LogP contribution is -2.60. The number of hydrogen-bond donors (Lipinski definition) is 0. The van der Waals surface area contributed by atoms with E-state index in [-0.39, 0.29) is 46.4 Å². The summed E-state index contributed by atoms with van der Waals surface area (Å²) in [6.45, 7) is 10.8. The molecule has 24 heavy (non-hydrogen) atoms. The summed E-state index contributed by atoms with van der Waals surface area (Å²) >= 11 is 0. The summed E-state index contributed by atoms with van der Waals surface area (Å²) in [6.07, 6.45) is 4.03. The molecule has 4 rings (SSSR count). The fraction of sp³-hybridized carbons (Fsp3) is 0.900. The molecule has 4 fully saturated rings. The van der Waals surface area contributed by atoms with E-state index in [1.807, 2.05) is 6.92 Å². The lowest BCUT2D eigenvalue weighted by Gasteiger charge is -2.59. The third-order valence-corrected chi connectivity index (χ3v) is 8.02. The zero-order chi connectivity index (χ0) is 17.5. The highest BCUT2D eigenvalue weighted by Gasteiger charge is 2.70. The molecule has 0 spiro atoms. The van der Waals surface area contributed by atoms with Crippen LogP contribution in [0.2, 0.25) is 0 Å². The molecule has 7 atom stereocenters. The van der Waals surface area contributed by atoms with Crippen molar-refractivity contribution in [2.75, 3.05) is 0 Å². The van der Waals surface area contributed by atoms with Gasteiger partial charge in [-0.3, -0.25) is 9.59 Å². The van der Waals surface area contributed by atoms with E-state index in [4.69, 9.17) is 9.47 Å². The molecule has 0 radical (unpaired) electrons. The zero-order valence-corrected chi connectivity index (χ0v) is 15.6. The van der Waals surface area contributed by atoms with Crippen molar-refractivity contribution in [3.05, 3.63) is 0 Å². The van der Waals surface area contributed by atoms with E-state index >= 15 is 0 Å². The van der Waals surface area contributed by atoms with Crippen LogP contribution >= 0.6 is 0 Å². The molecule has 2 heterocycles. The Morgan fingerprint density at radius 1 is 1.08 bits per heavy atom. The van der Waals surface area contributed by atoms with Gasteiger partial charge in [-0.25, -0.2) is 0 Å². The van der Waals surface area contributed by atoms with Gasteiger partial charge in [-0.05, 0) is 43.9 Å². The number of ether oxygens (including phenoxy) is 2. The van der Waals surface area contributed by atoms with Crippen LogP contribution in [0.15, 0.2) is 0 Å². The van der Waals surface area contributed by atoms with Gasteiger partial charge < -0.3 is 9.47 Å². The molecule has 0 aromatic rings. The lowest BCUT2D eigenvalue weighted by molar-refractivity contribution is -0.184. The molecule has 2 saturated heterocycles. The highest BCUT2D eigenvalue weighted by Crippen LogP contribution is 2.66. The van der Waals surface area contributed by atoms with Crippen LogP contribution in [0, 0.1) is 28.6 Å². The van der Waals surface area contributed by atoms with Gasteiger partial charge in [0, 0.05) is 17.8 Å². The number of carbonyl (C=O) groups is 2. The average Bonchev–Trinajstić information content (AvgIpc) is 2.93. The second-order valence-electron chi connectivity index (χ2n) is 9.53. The molecule has 2 aliphatic heterocycles. The van der Waals surface area contributed by atoms with Gasteiger partial charge in [0.2, 0.25) is 0 Å². The van der Waals surface area contributed by atoms with Crippen LogP contribution in [0.3, 0.4) is 0 Å². The van der Waals surface area contributed by atoms with E-state index < -0.39 is 0 Å². The molecule has 2 aliphatic carbocycles. The molecule has 0 bridgehead atoms. The normalized spacial score (nSPS) is 52.5. The minimum atomic E-state index is -0.292. The predicted octanol–water partition coefficient (Wildman–Crippen LogP) is 3.52. The summed E-state index contributed by atoms with van der Waals surface area (Å²) in [7, 11) is 0. The SMILES string of the molecule is CC[C@H]1C(=O)O[C@@H]2[C@H]1O[C@]1(C)CC[C@H]3C(C)(C)C(=O)CC[C@]3(C)[C@@H]21. The summed E-state index contributed by atoms with van der Waals surface area (Å²) in [5, 5.41) is 0. The second kappa shape index (κ2) is 4.84. The van der Waals surface area contributed by atoms with Crippen LogP contribution in [0.5, 0.6) is 0 Å². The number of rotatable bonds is 1. The first-order valence-electron chi connectivity index (χ1n) is 9.57. The van der Waals surface area contributed by atoms with Crippen molar-refractivity contribution in [1.29, 1.82) is 0 Å². The Kier molecular flexibility index (Phi) is 3.34. The van der Waals surface area contributed by atoms with Gasteiger partial charge >= 0.3 is 5.97 Å². The summed E-state index contributed by atoms with van der Waals surface area (Å²) in [6, 6.07) is 0. The first kappa shape index (κ1) is 16.6. The Hall–Kier alpha value is -0.900. The van der Waals surface area contributed by atoms with Crippen LogP contribution in [0.1, 0.15) is 66.7 Å². The van der Waals surface area contributed by atoms with Gasteiger partial charge in [0.1, 0.15) is 18.0 Å². The van der Waals surface area contributed by atoms with Crippen molar-refractivity contribution >= 4 is 11.8 Å². The molecule has 4 nitrogen and oxygen atoms in total. The highest BCUT2D eigenvalue weighted by atomic mass is 16.6. The van der Waals surface area contributed by atoms with E-state index in [0.29, 0.717) is 18.1 Å². The molecule has 4 aliphatic rings. The van der Waals surface area contributed by atoms with Crippen molar-refractivity contribution in [3.8, 4) is 0 Å². The van der Waals surface area contributed by atoms with E-state index in [1.165, 1.54) is 0 Å². The molecule has 0 aromatic heterocycles. The van der Waals surface area contributed by atoms with Gasteiger partial charge in [0.05, 0.1) is 11.5 Å². The van der Waals surface area contributed by atoms with Crippen LogP contribution < -0.4 is 0 Å². The molecule has 0 amide bonds. The van der Waals surface area contributed by atoms with Crippen molar-refractivity contribution in [2.24, 2.45) is 28.6 Å². The van der Waals surface area contributed by atoms with Crippen LogP contribution in [0.25, 0.3) is 0 Å². The summed E-state index contributed by atoms with van der Waals surface area (Å²) < 4.78 is 12.4. The number of ketones is 1. The molecule has 0 N–H and O–H groups in total. The first-order chi connectivity index (χ1) is 11.1. The summed E-state index contributed by atoms with van der Waals surface area (Å²) in [5.74, 6) is 0.704. The minimum Gasteiger partial charge on any atom is -0.459 e. The third-order valence-electron chi connectivity index (χ3n) is 8.02. The van der Waals surface area contributed by atoms with Crippen LogP contribution in [-0.4, -0.2) is 29.6 Å². The van der Waals surface area contributed by atoms with Crippen molar-refractivity contribution in [2.45, 2.75) is 84.5 Å². The maximum atomic E-state index is 12.5. The Labute approximate surface area is 144 Å². The number of esters is 1. The molecule has 4 heteroatoms. The van der Waals surface area contributed by atoms with Gasteiger partial charge in [0.15, 0.2) is 0 Å². The van der Waals surface area contributed by atoms with E-state index in [9.17, 15) is 9.59 Å². The number of fused-ring (bicyclic) bond motifs is 5. The fourth-order valence-corrected chi connectivity index (χ4v) is 6.87. The lowest BCUT2D eigenvalue weighted by atomic mass is 9.45. The summed E-state index contributed by atoms with van der Waals surface area (Å²) in [5.41, 5.74) is -0.531. The summed E-state index contributed by atoms with van der Waals surface area (Å²) in [4.78, 5) is 24.8. The Balaban J connectivity index is 1.76. The Morgan fingerprint density at radius 2 is 1.79 bits per heavy atom. The van der Waals surface area contributed by atoms with Crippen LogP contribution in [0.4, 0.5) is 0 Å². The number of carbonyl (C=O) groups excluding carboxylic acids is 2. The van der Waals surface area contributed by atoms with Crippen LogP contribution in [-0.2, 0) is 19.1 Å². The smallest absolute Gasteiger partial charge is 0.312 e. The van der Waals surface area contributed by atoms with Crippen molar-refractivity contribution in [3.63, 3.8) is 0 Å². The maximum Gasteiger partial charge on any atom is 0.312 e. The average molecular weight is 334 g/mol. The molecular formula is C20H30O4. The monoisotopic (exact) mass is 334 g/mol. The molecule has 0 unspecified atom stereocenters. The van der Waals surface area contributed by atoms with Gasteiger partial charge in [-0.2, -0.15) is 0 Å². The highest BCUT2D eigenvalue weighted by molar-refractivity contribution is 5.85. The third kappa shape index (κ3) is 1.84. The zero-order valence-electron chi connectivity index (χ0n) is 15.6. The van der Waals surface area contributed by atoms with E-state index in [2.05, 4.69) is 27.7 Å². The fourth-order valence-electron chi connectivity index (χ4n) is 6.87. The quantitative estimate of drug-likeness (QED) is 0.689. The van der Waals surface area contributed by atoms with E-state index in [0.717, 1.165) is 25.7 Å². The molecular weight excluding hydrogens is 304 g/mol. The molecule has 134 valence electrons. The van der Waals surface area contributed by atoms with Crippen molar-refractivity contribution in [1.82, 2.24) is 0 Å². The standard InChI is InChI=1S/C20H30O4/c1-6-11-14-15(23-17(11)22)16-19(4)9-8-13(21)18(2,3)12(19)7-10-20(16,5)24-14/h11-12,14-16H,6-10H2,1-5H3/t11-,12+,14+,15-,16-,19+,20-/m1/s1. The van der Waals surface area contributed by atoms with Crippen molar-refractivity contribution < 1.29 is 19.1 Å². The number of hydrogen-bond acceptors (Lipinski definition) is 4. The van der Waals surface area contributed by atoms with Gasteiger partial charge in [-0.1, -0.05) is 27.7 Å². The second-order valence-corrected chi connectivity index (χ2v) is 9.53. The van der Waals surface area contributed by atoms with Gasteiger partial charge in [0.25, 0.3) is 0 Å². The Morgan fingerprint density at radius 3 is 2.46 bits per heavy atom. The first-order valence-corrected chi connectivity index (χ1v) is 9.57. The Bertz CT molecular complexity index is 596.